The molecule has 21 heavy (non-hydrogen) atoms. The van der Waals surface area contributed by atoms with Gasteiger partial charge in [-0.2, -0.15) is 0 Å². The van der Waals surface area contributed by atoms with Gasteiger partial charge in [0.15, 0.2) is 0 Å². The fourth-order valence-electron chi connectivity index (χ4n) is 2.78. The summed E-state index contributed by atoms with van der Waals surface area (Å²) in [6, 6.07) is 4.27. The maximum absolute atomic E-state index is 12.8. The topological polar surface area (TPSA) is 32.3 Å². The van der Waals surface area contributed by atoms with Crippen molar-refractivity contribution in [2.45, 2.75) is 59.7 Å². The number of aryl methyl sites for hydroxylation is 1. The number of thiophene rings is 1. The number of hydrogen-bond donors (Lipinski definition) is 1. The van der Waals surface area contributed by atoms with Gasteiger partial charge in [-0.3, -0.25) is 10.1 Å². The minimum atomic E-state index is -0.0357. The van der Waals surface area contributed by atoms with Gasteiger partial charge in [-0.25, -0.2) is 0 Å². The second-order valence-corrected chi connectivity index (χ2v) is 7.70. The Hall–Kier alpha value is -0.870. The number of amides is 1. The average molecular weight is 308 g/mol. The molecule has 118 valence electrons. The molecule has 0 saturated carbocycles. The highest BCUT2D eigenvalue weighted by molar-refractivity contribution is 7.12. The number of carbonyl (C=O) groups is 1. The van der Waals surface area contributed by atoms with Crippen LogP contribution >= 0.6 is 11.3 Å². The van der Waals surface area contributed by atoms with Gasteiger partial charge in [-0.05, 0) is 30.9 Å². The van der Waals surface area contributed by atoms with E-state index in [1.54, 1.807) is 11.3 Å². The van der Waals surface area contributed by atoms with Crippen molar-refractivity contribution in [3.8, 4) is 0 Å². The fourth-order valence-corrected chi connectivity index (χ4v) is 3.73. The summed E-state index contributed by atoms with van der Waals surface area (Å²) in [4.78, 5) is 17.4. The molecule has 1 aromatic heterocycles. The normalized spacial score (nSPS) is 25.4. The molecule has 0 spiro atoms. The summed E-state index contributed by atoms with van der Waals surface area (Å²) in [6.07, 6.45) is 2.19. The second kappa shape index (κ2) is 6.93. The van der Waals surface area contributed by atoms with Crippen molar-refractivity contribution in [2.24, 2.45) is 11.8 Å². The highest BCUT2D eigenvalue weighted by Gasteiger charge is 2.42. The first-order chi connectivity index (χ1) is 9.97. The van der Waals surface area contributed by atoms with Crippen LogP contribution in [0.3, 0.4) is 0 Å². The van der Waals surface area contributed by atoms with Crippen molar-refractivity contribution >= 4 is 17.2 Å². The van der Waals surface area contributed by atoms with Crippen LogP contribution in [0.4, 0.5) is 0 Å². The van der Waals surface area contributed by atoms with Gasteiger partial charge in [0.2, 0.25) is 5.91 Å². The quantitative estimate of drug-likeness (QED) is 0.863. The van der Waals surface area contributed by atoms with E-state index in [-0.39, 0.29) is 18.1 Å². The van der Waals surface area contributed by atoms with Crippen molar-refractivity contribution in [3.63, 3.8) is 0 Å². The van der Waals surface area contributed by atoms with Crippen LogP contribution in [0.5, 0.6) is 0 Å². The Morgan fingerprint density at radius 3 is 2.52 bits per heavy atom. The molecule has 4 heteroatoms. The van der Waals surface area contributed by atoms with E-state index < -0.39 is 0 Å². The third kappa shape index (κ3) is 3.49. The molecule has 4 atom stereocenters. The number of hydrogen-bond acceptors (Lipinski definition) is 3. The molecule has 0 aliphatic carbocycles. The molecule has 4 unspecified atom stereocenters. The van der Waals surface area contributed by atoms with Gasteiger partial charge < -0.3 is 4.90 Å². The highest BCUT2D eigenvalue weighted by atomic mass is 32.1. The smallest absolute Gasteiger partial charge is 0.241 e. The first-order valence-electron chi connectivity index (χ1n) is 8.10. The Morgan fingerprint density at radius 2 is 2.00 bits per heavy atom. The number of nitrogens with zero attached hydrogens (tertiary/aromatic N) is 1. The Bertz CT molecular complexity index is 485. The average Bonchev–Trinajstić information content (AvgIpc) is 3.03. The van der Waals surface area contributed by atoms with Crippen LogP contribution in [0.2, 0.25) is 0 Å². The molecule has 1 aliphatic heterocycles. The standard InChI is InChI=1S/C17H28N2OS/c1-6-11(3)10-19-16(14-9-8-13(5)21-14)18-15(17(19)20)12(4)7-2/h8-9,11-12,15-16,18H,6-7,10H2,1-5H3. The molecule has 1 aromatic rings. The lowest BCUT2D eigenvalue weighted by molar-refractivity contribution is -0.131. The van der Waals surface area contributed by atoms with Gasteiger partial charge in [0, 0.05) is 16.3 Å². The molecule has 1 aliphatic rings. The molecule has 0 radical (unpaired) electrons. The fraction of sp³-hybridized carbons (Fsp3) is 0.706. The SMILES string of the molecule is CCC(C)CN1C(=O)C(C(C)CC)NC1c1ccc(C)s1. The van der Waals surface area contributed by atoms with Crippen LogP contribution in [0.15, 0.2) is 12.1 Å². The number of nitrogens with one attached hydrogen (secondary N) is 1. The largest absolute Gasteiger partial charge is 0.320 e. The molecule has 1 saturated heterocycles. The molecule has 2 heterocycles. The molecule has 2 rings (SSSR count). The molecular formula is C17H28N2OS. The lowest BCUT2D eigenvalue weighted by Crippen LogP contribution is -2.36. The first kappa shape index (κ1) is 16.5. The van der Waals surface area contributed by atoms with Crippen molar-refractivity contribution in [1.82, 2.24) is 10.2 Å². The van der Waals surface area contributed by atoms with Gasteiger partial charge in [-0.15, -0.1) is 11.3 Å². The van der Waals surface area contributed by atoms with Gasteiger partial charge in [0.1, 0.15) is 6.17 Å². The van der Waals surface area contributed by atoms with Crippen LogP contribution in [0, 0.1) is 18.8 Å². The van der Waals surface area contributed by atoms with Gasteiger partial charge in [0.05, 0.1) is 6.04 Å². The number of rotatable bonds is 6. The van der Waals surface area contributed by atoms with Crippen molar-refractivity contribution in [3.05, 3.63) is 21.9 Å². The molecule has 1 N–H and O–H groups in total. The number of carbonyl (C=O) groups excluding carboxylic acids is 1. The third-order valence-electron chi connectivity index (χ3n) is 4.65. The van der Waals surface area contributed by atoms with Gasteiger partial charge in [-0.1, -0.05) is 40.5 Å². The maximum atomic E-state index is 12.8. The monoisotopic (exact) mass is 308 g/mol. The summed E-state index contributed by atoms with van der Waals surface area (Å²) < 4.78 is 0. The first-order valence-corrected chi connectivity index (χ1v) is 8.92. The summed E-state index contributed by atoms with van der Waals surface area (Å²) in [6.45, 7) is 11.7. The molecule has 0 bridgehead atoms. The summed E-state index contributed by atoms with van der Waals surface area (Å²) >= 11 is 1.79. The van der Waals surface area contributed by atoms with Crippen LogP contribution < -0.4 is 5.32 Å². The zero-order chi connectivity index (χ0) is 15.6. The molecule has 1 amide bonds. The van der Waals surface area contributed by atoms with Crippen molar-refractivity contribution in [2.75, 3.05) is 6.54 Å². The van der Waals surface area contributed by atoms with E-state index in [0.29, 0.717) is 11.8 Å². The minimum absolute atomic E-state index is 0.0357. The molecule has 3 nitrogen and oxygen atoms in total. The summed E-state index contributed by atoms with van der Waals surface area (Å²) in [5.41, 5.74) is 0. The lowest BCUT2D eigenvalue weighted by Gasteiger charge is -2.26. The van der Waals surface area contributed by atoms with E-state index in [1.807, 2.05) is 0 Å². The summed E-state index contributed by atoms with van der Waals surface area (Å²) in [5.74, 6) is 1.19. The zero-order valence-corrected chi connectivity index (χ0v) is 14.7. The van der Waals surface area contributed by atoms with Crippen LogP contribution in [0.1, 0.15) is 56.5 Å². The Kier molecular flexibility index (Phi) is 5.44. The van der Waals surface area contributed by atoms with E-state index >= 15 is 0 Å². The van der Waals surface area contributed by atoms with Crippen LogP contribution in [-0.2, 0) is 4.79 Å². The predicted octanol–water partition coefficient (Wildman–Crippen LogP) is 3.95. The molecule has 1 fully saturated rings. The van der Waals surface area contributed by atoms with Crippen molar-refractivity contribution < 1.29 is 4.79 Å². The van der Waals surface area contributed by atoms with Crippen LogP contribution in [-0.4, -0.2) is 23.4 Å². The Balaban J connectivity index is 2.24. The predicted molar refractivity (Wildman–Crippen MR) is 89.3 cm³/mol. The summed E-state index contributed by atoms with van der Waals surface area (Å²) in [5, 5.41) is 3.59. The molecule has 0 aromatic carbocycles. The minimum Gasteiger partial charge on any atom is -0.320 e. The van der Waals surface area contributed by atoms with E-state index in [4.69, 9.17) is 0 Å². The zero-order valence-electron chi connectivity index (χ0n) is 13.8. The van der Waals surface area contributed by atoms with E-state index in [9.17, 15) is 4.79 Å². The maximum Gasteiger partial charge on any atom is 0.241 e. The Labute approximate surface area is 132 Å². The van der Waals surface area contributed by atoms with E-state index in [2.05, 4.69) is 57.0 Å². The Morgan fingerprint density at radius 1 is 1.29 bits per heavy atom. The van der Waals surface area contributed by atoms with Crippen LogP contribution in [0.25, 0.3) is 0 Å². The van der Waals surface area contributed by atoms with Crippen molar-refractivity contribution in [1.29, 1.82) is 0 Å². The van der Waals surface area contributed by atoms with Gasteiger partial charge in [0.25, 0.3) is 0 Å². The highest BCUT2D eigenvalue weighted by Crippen LogP contribution is 2.33. The molecular weight excluding hydrogens is 280 g/mol. The summed E-state index contributed by atoms with van der Waals surface area (Å²) in [7, 11) is 0. The van der Waals surface area contributed by atoms with Gasteiger partial charge >= 0.3 is 0 Å². The second-order valence-electron chi connectivity index (χ2n) is 6.38. The van der Waals surface area contributed by atoms with E-state index in [0.717, 1.165) is 19.4 Å². The lowest BCUT2D eigenvalue weighted by atomic mass is 9.99. The van der Waals surface area contributed by atoms with E-state index in [1.165, 1.54) is 9.75 Å². The third-order valence-corrected chi connectivity index (χ3v) is 5.70.